The summed E-state index contributed by atoms with van der Waals surface area (Å²) in [5.41, 5.74) is 1.09. The van der Waals surface area contributed by atoms with E-state index >= 15 is 0 Å². The van der Waals surface area contributed by atoms with Gasteiger partial charge < -0.3 is 9.47 Å². The van der Waals surface area contributed by atoms with E-state index in [1.54, 1.807) is 0 Å². The van der Waals surface area contributed by atoms with Crippen molar-refractivity contribution < 1.29 is 9.47 Å². The third-order valence-electron chi connectivity index (χ3n) is 2.08. The van der Waals surface area contributed by atoms with E-state index < -0.39 is 0 Å². The highest BCUT2D eigenvalue weighted by Crippen LogP contribution is 2.10. The minimum absolute atomic E-state index is 0.519. The molecule has 0 bridgehead atoms. The number of ether oxygens (including phenoxy) is 2. The lowest BCUT2D eigenvalue weighted by Gasteiger charge is -2.09. The fourth-order valence-corrected chi connectivity index (χ4v) is 1.25. The molecule has 0 fully saturated rings. The van der Waals surface area contributed by atoms with Gasteiger partial charge in [-0.05, 0) is 23.5 Å². The molecule has 0 radical (unpaired) electrons. The molecule has 3 heteroatoms. The summed E-state index contributed by atoms with van der Waals surface area (Å²) in [6.07, 6.45) is 1.82. The molecule has 0 saturated carbocycles. The van der Waals surface area contributed by atoms with E-state index in [0.29, 0.717) is 30.9 Å². The highest BCUT2D eigenvalue weighted by atomic mass is 16.5. The monoisotopic (exact) mass is 237 g/mol. The number of hydrogen-bond donors (Lipinski definition) is 0. The Morgan fingerprint density at radius 3 is 2.29 bits per heavy atom. The molecule has 96 valence electrons. The van der Waals surface area contributed by atoms with Gasteiger partial charge in [-0.3, -0.25) is 0 Å². The van der Waals surface area contributed by atoms with Crippen LogP contribution in [0.25, 0.3) is 0 Å². The third kappa shape index (κ3) is 6.27. The van der Waals surface area contributed by atoms with Gasteiger partial charge in [0.25, 0.3) is 0 Å². The fourth-order valence-electron chi connectivity index (χ4n) is 1.25. The van der Waals surface area contributed by atoms with E-state index in [-0.39, 0.29) is 0 Å². The van der Waals surface area contributed by atoms with Crippen LogP contribution >= 0.6 is 0 Å². The molecule has 0 amide bonds. The number of rotatable bonds is 7. The number of pyridine rings is 1. The molecule has 1 aromatic rings. The molecular formula is C14H23NO2. The lowest BCUT2D eigenvalue weighted by Crippen LogP contribution is -2.06. The Hall–Kier alpha value is -1.09. The molecule has 1 heterocycles. The van der Waals surface area contributed by atoms with Gasteiger partial charge in [0.05, 0.1) is 13.2 Å². The molecule has 0 saturated heterocycles. The highest BCUT2D eigenvalue weighted by molar-refractivity contribution is 5.17. The summed E-state index contributed by atoms with van der Waals surface area (Å²) in [5.74, 6) is 1.77. The first-order valence-electron chi connectivity index (χ1n) is 6.23. The van der Waals surface area contributed by atoms with Crippen LogP contribution in [0.2, 0.25) is 0 Å². The second-order valence-corrected chi connectivity index (χ2v) is 5.12. The first-order valence-corrected chi connectivity index (χ1v) is 6.23. The van der Waals surface area contributed by atoms with Gasteiger partial charge in [-0.1, -0.05) is 27.7 Å². The SMILES string of the molecule is CC(C)COCc1ccc(OCC(C)C)nc1. The first kappa shape index (κ1) is 14.0. The van der Waals surface area contributed by atoms with Crippen molar-refractivity contribution >= 4 is 0 Å². The normalized spacial score (nSPS) is 11.2. The van der Waals surface area contributed by atoms with E-state index in [9.17, 15) is 0 Å². The summed E-state index contributed by atoms with van der Waals surface area (Å²) in [6.45, 7) is 10.6. The van der Waals surface area contributed by atoms with Gasteiger partial charge in [0.1, 0.15) is 0 Å². The van der Waals surface area contributed by atoms with Crippen molar-refractivity contribution in [1.82, 2.24) is 4.98 Å². The van der Waals surface area contributed by atoms with E-state index in [1.165, 1.54) is 0 Å². The number of aromatic nitrogens is 1. The number of hydrogen-bond acceptors (Lipinski definition) is 3. The largest absolute Gasteiger partial charge is 0.477 e. The van der Waals surface area contributed by atoms with Crippen LogP contribution in [0.3, 0.4) is 0 Å². The molecule has 0 unspecified atom stereocenters. The maximum Gasteiger partial charge on any atom is 0.213 e. The molecule has 1 aromatic heterocycles. The van der Waals surface area contributed by atoms with Crippen molar-refractivity contribution in [3.05, 3.63) is 23.9 Å². The molecule has 0 aliphatic rings. The van der Waals surface area contributed by atoms with Crippen LogP contribution in [0, 0.1) is 11.8 Å². The Morgan fingerprint density at radius 2 is 1.76 bits per heavy atom. The third-order valence-corrected chi connectivity index (χ3v) is 2.08. The van der Waals surface area contributed by atoms with Crippen LogP contribution < -0.4 is 4.74 Å². The minimum Gasteiger partial charge on any atom is -0.477 e. The maximum atomic E-state index is 5.54. The van der Waals surface area contributed by atoms with E-state index in [2.05, 4.69) is 32.7 Å². The Kier molecular flexibility index (Phi) is 5.98. The molecule has 0 aliphatic heterocycles. The molecule has 0 atom stereocenters. The smallest absolute Gasteiger partial charge is 0.213 e. The molecule has 17 heavy (non-hydrogen) atoms. The lowest BCUT2D eigenvalue weighted by atomic mass is 10.2. The van der Waals surface area contributed by atoms with Gasteiger partial charge in [0.2, 0.25) is 5.88 Å². The minimum atomic E-state index is 0.519. The zero-order valence-corrected chi connectivity index (χ0v) is 11.3. The Labute approximate surface area is 104 Å². The van der Waals surface area contributed by atoms with Crippen molar-refractivity contribution in [3.8, 4) is 5.88 Å². The fraction of sp³-hybridized carbons (Fsp3) is 0.643. The predicted molar refractivity (Wildman–Crippen MR) is 69.1 cm³/mol. The second kappa shape index (κ2) is 7.28. The summed E-state index contributed by atoms with van der Waals surface area (Å²) >= 11 is 0. The maximum absolute atomic E-state index is 5.54. The highest BCUT2D eigenvalue weighted by Gasteiger charge is 2.00. The molecule has 1 rings (SSSR count). The predicted octanol–water partition coefficient (Wildman–Crippen LogP) is 3.29. The van der Waals surface area contributed by atoms with Crippen molar-refractivity contribution in [1.29, 1.82) is 0 Å². The van der Waals surface area contributed by atoms with Crippen molar-refractivity contribution in [2.75, 3.05) is 13.2 Å². The van der Waals surface area contributed by atoms with Crippen LogP contribution in [0.5, 0.6) is 5.88 Å². The second-order valence-electron chi connectivity index (χ2n) is 5.12. The Balaban J connectivity index is 2.34. The first-order chi connectivity index (χ1) is 8.08. The van der Waals surface area contributed by atoms with Crippen LogP contribution in [-0.2, 0) is 11.3 Å². The Morgan fingerprint density at radius 1 is 1.06 bits per heavy atom. The summed E-state index contributed by atoms with van der Waals surface area (Å²) in [4.78, 5) is 4.25. The standard InChI is InChI=1S/C14H23NO2/c1-11(2)8-16-10-13-5-6-14(15-7-13)17-9-12(3)4/h5-7,11-12H,8-10H2,1-4H3. The van der Waals surface area contributed by atoms with Gasteiger partial charge in [-0.25, -0.2) is 4.98 Å². The quantitative estimate of drug-likeness (QED) is 0.729. The summed E-state index contributed by atoms with van der Waals surface area (Å²) < 4.78 is 11.1. The van der Waals surface area contributed by atoms with E-state index in [0.717, 1.165) is 12.2 Å². The van der Waals surface area contributed by atoms with Gasteiger partial charge in [-0.2, -0.15) is 0 Å². The summed E-state index contributed by atoms with van der Waals surface area (Å²) in [7, 11) is 0. The lowest BCUT2D eigenvalue weighted by molar-refractivity contribution is 0.0968. The molecular weight excluding hydrogens is 214 g/mol. The van der Waals surface area contributed by atoms with E-state index in [1.807, 2.05) is 18.3 Å². The van der Waals surface area contributed by atoms with Crippen molar-refractivity contribution in [3.63, 3.8) is 0 Å². The van der Waals surface area contributed by atoms with Crippen molar-refractivity contribution in [2.24, 2.45) is 11.8 Å². The topological polar surface area (TPSA) is 31.4 Å². The van der Waals surface area contributed by atoms with Gasteiger partial charge in [0, 0.05) is 18.9 Å². The van der Waals surface area contributed by atoms with Gasteiger partial charge in [-0.15, -0.1) is 0 Å². The van der Waals surface area contributed by atoms with Crippen LogP contribution in [0.15, 0.2) is 18.3 Å². The zero-order valence-electron chi connectivity index (χ0n) is 11.3. The zero-order chi connectivity index (χ0) is 12.7. The van der Waals surface area contributed by atoms with Gasteiger partial charge in [0.15, 0.2) is 0 Å². The molecule has 3 nitrogen and oxygen atoms in total. The average molecular weight is 237 g/mol. The molecule has 0 N–H and O–H groups in total. The molecule has 0 spiro atoms. The molecule has 0 aliphatic carbocycles. The van der Waals surface area contributed by atoms with E-state index in [4.69, 9.17) is 9.47 Å². The summed E-state index contributed by atoms with van der Waals surface area (Å²) in [5, 5.41) is 0. The molecule has 0 aromatic carbocycles. The number of nitrogens with zero attached hydrogens (tertiary/aromatic N) is 1. The van der Waals surface area contributed by atoms with Crippen LogP contribution in [0.4, 0.5) is 0 Å². The average Bonchev–Trinajstić information content (AvgIpc) is 2.27. The van der Waals surface area contributed by atoms with Crippen LogP contribution in [0.1, 0.15) is 33.3 Å². The van der Waals surface area contributed by atoms with Gasteiger partial charge >= 0.3 is 0 Å². The van der Waals surface area contributed by atoms with Crippen molar-refractivity contribution in [2.45, 2.75) is 34.3 Å². The van der Waals surface area contributed by atoms with Crippen LogP contribution in [-0.4, -0.2) is 18.2 Å². The Bertz CT molecular complexity index is 307. The summed E-state index contributed by atoms with van der Waals surface area (Å²) in [6, 6.07) is 3.90.